The molecule has 0 heterocycles. The summed E-state index contributed by atoms with van der Waals surface area (Å²) in [6.45, 7) is 3.07. The van der Waals surface area contributed by atoms with Gasteiger partial charge in [0.05, 0.1) is 10.5 Å². The summed E-state index contributed by atoms with van der Waals surface area (Å²) in [5.74, 6) is -1.24. The van der Waals surface area contributed by atoms with Crippen LogP contribution in [0.1, 0.15) is 35.7 Å². The quantitative estimate of drug-likeness (QED) is 0.704. The monoisotopic (exact) mass is 335 g/mol. The molecule has 1 atom stereocenters. The van der Waals surface area contributed by atoms with Gasteiger partial charge < -0.3 is 10.2 Å². The highest BCUT2D eigenvalue weighted by Crippen LogP contribution is 2.25. The van der Waals surface area contributed by atoms with Crippen molar-refractivity contribution in [2.75, 3.05) is 6.61 Å². The van der Waals surface area contributed by atoms with E-state index in [1.807, 2.05) is 0 Å². The van der Waals surface area contributed by atoms with Crippen molar-refractivity contribution in [1.29, 1.82) is 0 Å². The van der Waals surface area contributed by atoms with Crippen LogP contribution in [0.15, 0.2) is 17.0 Å². The topological polar surface area (TPSA) is 104 Å². The molecular formula is C13H18ClNO5S. The summed E-state index contributed by atoms with van der Waals surface area (Å²) >= 11 is 5.80. The summed E-state index contributed by atoms with van der Waals surface area (Å²) in [4.78, 5) is 11.0. The zero-order chi connectivity index (χ0) is 16.2. The molecule has 1 aromatic rings. The second-order valence-corrected chi connectivity index (χ2v) is 6.89. The number of benzene rings is 1. The standard InChI is InChI=1S/C13H18ClNO5S/c1-8(4-3-5-16)15-21(19,20)12-7-10(14)6-11(9(12)2)13(17)18/h6-8,15-16H,3-5H2,1-2H3,(H,17,18). The maximum atomic E-state index is 12.3. The zero-order valence-electron chi connectivity index (χ0n) is 11.8. The van der Waals surface area contributed by atoms with Gasteiger partial charge in [0, 0.05) is 17.7 Å². The van der Waals surface area contributed by atoms with Gasteiger partial charge in [-0.1, -0.05) is 11.6 Å². The van der Waals surface area contributed by atoms with Gasteiger partial charge in [-0.25, -0.2) is 17.9 Å². The molecular weight excluding hydrogens is 318 g/mol. The highest BCUT2D eigenvalue weighted by molar-refractivity contribution is 7.89. The first-order chi connectivity index (χ1) is 9.69. The lowest BCUT2D eigenvalue weighted by molar-refractivity contribution is 0.0696. The second-order valence-electron chi connectivity index (χ2n) is 4.77. The van der Waals surface area contributed by atoms with Crippen LogP contribution in [0.5, 0.6) is 0 Å². The van der Waals surface area contributed by atoms with E-state index in [1.54, 1.807) is 6.92 Å². The van der Waals surface area contributed by atoms with E-state index < -0.39 is 16.0 Å². The number of carboxylic acids is 1. The van der Waals surface area contributed by atoms with Crippen LogP contribution in [0, 0.1) is 6.92 Å². The van der Waals surface area contributed by atoms with Crippen LogP contribution < -0.4 is 4.72 Å². The number of halogens is 1. The molecule has 0 saturated carbocycles. The summed E-state index contributed by atoms with van der Waals surface area (Å²) in [5.41, 5.74) is -0.0142. The lowest BCUT2D eigenvalue weighted by atomic mass is 10.1. The minimum absolute atomic E-state index is 0.0224. The molecule has 3 N–H and O–H groups in total. The Morgan fingerprint density at radius 3 is 2.57 bits per heavy atom. The first-order valence-electron chi connectivity index (χ1n) is 6.35. The van der Waals surface area contributed by atoms with Crippen molar-refractivity contribution in [3.63, 3.8) is 0 Å². The Balaban J connectivity index is 3.17. The van der Waals surface area contributed by atoms with Crippen LogP contribution in [0.3, 0.4) is 0 Å². The maximum absolute atomic E-state index is 12.3. The average molecular weight is 336 g/mol. The molecule has 0 aliphatic rings. The van der Waals surface area contributed by atoms with Gasteiger partial charge in [-0.05, 0) is 44.4 Å². The molecule has 1 aromatic carbocycles. The molecule has 0 spiro atoms. The summed E-state index contributed by atoms with van der Waals surface area (Å²) in [6, 6.07) is 2.06. The van der Waals surface area contributed by atoms with E-state index in [1.165, 1.54) is 19.1 Å². The Labute approximate surface area is 128 Å². The Bertz CT molecular complexity index is 630. The Hall–Kier alpha value is -1.15. The number of aliphatic hydroxyl groups excluding tert-OH is 1. The van der Waals surface area contributed by atoms with Crippen LogP contribution >= 0.6 is 11.6 Å². The number of carbonyl (C=O) groups is 1. The molecule has 0 aliphatic heterocycles. The van der Waals surface area contributed by atoms with Crippen LogP contribution in [0.4, 0.5) is 0 Å². The third kappa shape index (κ3) is 4.67. The average Bonchev–Trinajstić information content (AvgIpc) is 2.37. The Morgan fingerprint density at radius 2 is 2.05 bits per heavy atom. The number of nitrogens with one attached hydrogen (secondary N) is 1. The number of hydrogen-bond donors (Lipinski definition) is 3. The smallest absolute Gasteiger partial charge is 0.336 e. The molecule has 21 heavy (non-hydrogen) atoms. The van der Waals surface area contributed by atoms with Crippen LogP contribution in [-0.4, -0.2) is 37.2 Å². The van der Waals surface area contributed by atoms with Crippen LogP contribution in [-0.2, 0) is 10.0 Å². The molecule has 1 unspecified atom stereocenters. The minimum atomic E-state index is -3.88. The number of aliphatic hydroxyl groups is 1. The Kier molecular flexibility index (Phi) is 6.15. The third-order valence-electron chi connectivity index (χ3n) is 3.00. The van der Waals surface area contributed by atoms with E-state index in [2.05, 4.69) is 4.72 Å². The van der Waals surface area contributed by atoms with E-state index in [9.17, 15) is 13.2 Å². The lowest BCUT2D eigenvalue weighted by Crippen LogP contribution is -2.33. The van der Waals surface area contributed by atoms with Gasteiger partial charge in [-0.3, -0.25) is 0 Å². The molecule has 0 bridgehead atoms. The lowest BCUT2D eigenvalue weighted by Gasteiger charge is -2.16. The number of rotatable bonds is 7. The van der Waals surface area contributed by atoms with Crippen molar-refractivity contribution in [1.82, 2.24) is 4.72 Å². The zero-order valence-corrected chi connectivity index (χ0v) is 13.3. The molecule has 0 fully saturated rings. The normalized spacial score (nSPS) is 13.1. The van der Waals surface area contributed by atoms with Gasteiger partial charge >= 0.3 is 5.97 Å². The van der Waals surface area contributed by atoms with Crippen molar-refractivity contribution >= 4 is 27.6 Å². The predicted octanol–water partition coefficient (Wildman–Crippen LogP) is 1.79. The Morgan fingerprint density at radius 1 is 1.43 bits per heavy atom. The van der Waals surface area contributed by atoms with E-state index >= 15 is 0 Å². The van der Waals surface area contributed by atoms with Crippen molar-refractivity contribution in [3.05, 3.63) is 28.3 Å². The largest absolute Gasteiger partial charge is 0.478 e. The maximum Gasteiger partial charge on any atom is 0.336 e. The second kappa shape index (κ2) is 7.22. The molecule has 1 rings (SSSR count). The summed E-state index contributed by atoms with van der Waals surface area (Å²) in [6.07, 6.45) is 0.944. The summed E-state index contributed by atoms with van der Waals surface area (Å²) < 4.78 is 27.1. The molecule has 0 amide bonds. The molecule has 0 saturated heterocycles. The molecule has 118 valence electrons. The fourth-order valence-electron chi connectivity index (χ4n) is 1.94. The molecule has 6 nitrogen and oxygen atoms in total. The van der Waals surface area contributed by atoms with Crippen LogP contribution in [0.2, 0.25) is 5.02 Å². The third-order valence-corrected chi connectivity index (χ3v) is 4.93. The van der Waals surface area contributed by atoms with Gasteiger partial charge in [0.25, 0.3) is 0 Å². The first kappa shape index (κ1) is 17.9. The first-order valence-corrected chi connectivity index (χ1v) is 8.21. The van der Waals surface area contributed by atoms with E-state index in [-0.39, 0.29) is 33.7 Å². The van der Waals surface area contributed by atoms with Gasteiger partial charge in [0.1, 0.15) is 0 Å². The van der Waals surface area contributed by atoms with Crippen LogP contribution in [0.25, 0.3) is 0 Å². The highest BCUT2D eigenvalue weighted by atomic mass is 35.5. The van der Waals surface area contributed by atoms with E-state index in [0.29, 0.717) is 12.8 Å². The fourth-order valence-corrected chi connectivity index (χ4v) is 3.79. The SMILES string of the molecule is Cc1c(C(=O)O)cc(Cl)cc1S(=O)(=O)NC(C)CCCO. The van der Waals surface area contributed by atoms with Crippen molar-refractivity contribution in [2.45, 2.75) is 37.6 Å². The number of carboxylic acid groups (broad SMARTS) is 1. The highest BCUT2D eigenvalue weighted by Gasteiger charge is 2.23. The van der Waals surface area contributed by atoms with Gasteiger partial charge in [-0.2, -0.15) is 0 Å². The van der Waals surface area contributed by atoms with Gasteiger partial charge in [-0.15, -0.1) is 0 Å². The van der Waals surface area contributed by atoms with E-state index in [4.69, 9.17) is 21.8 Å². The molecule has 0 aliphatic carbocycles. The molecule has 0 aromatic heterocycles. The number of sulfonamides is 1. The number of aromatic carboxylic acids is 1. The van der Waals surface area contributed by atoms with Crippen molar-refractivity contribution in [3.8, 4) is 0 Å². The van der Waals surface area contributed by atoms with Crippen molar-refractivity contribution < 1.29 is 23.4 Å². The summed E-state index contributed by atoms with van der Waals surface area (Å²) in [5, 5.41) is 17.9. The van der Waals surface area contributed by atoms with Gasteiger partial charge in [0.2, 0.25) is 10.0 Å². The molecule has 0 radical (unpaired) electrons. The predicted molar refractivity (Wildman–Crippen MR) is 79.3 cm³/mol. The van der Waals surface area contributed by atoms with E-state index in [0.717, 1.165) is 0 Å². The number of hydrogen-bond acceptors (Lipinski definition) is 4. The van der Waals surface area contributed by atoms with Gasteiger partial charge in [0.15, 0.2) is 0 Å². The minimum Gasteiger partial charge on any atom is -0.478 e. The molecule has 8 heteroatoms. The van der Waals surface area contributed by atoms with Crippen molar-refractivity contribution in [2.24, 2.45) is 0 Å². The fraction of sp³-hybridized carbons (Fsp3) is 0.462. The summed E-state index contributed by atoms with van der Waals surface area (Å²) in [7, 11) is -3.88.